The van der Waals surface area contributed by atoms with Gasteiger partial charge in [0, 0.05) is 30.8 Å². The van der Waals surface area contributed by atoms with Crippen LogP contribution in [0.4, 0.5) is 0 Å². The number of aromatic nitrogens is 2. The van der Waals surface area contributed by atoms with Crippen LogP contribution in [0.3, 0.4) is 0 Å². The largest absolute Gasteiger partial charge is 0.460 e. The van der Waals surface area contributed by atoms with Crippen molar-refractivity contribution in [2.24, 2.45) is 23.7 Å². The smallest absolute Gasteiger partial charge is 0.325 e. The summed E-state index contributed by atoms with van der Waals surface area (Å²) in [5, 5.41) is 10.2. The lowest BCUT2D eigenvalue weighted by atomic mass is 10.0. The van der Waals surface area contributed by atoms with Crippen LogP contribution in [0.5, 0.6) is 0 Å². The third-order valence-electron chi connectivity index (χ3n) is 14.3. The molecular formula is C62H81Cl3N8O12. The Morgan fingerprint density at radius 2 is 1.54 bits per heavy atom. The minimum atomic E-state index is -1.74. The number of alkyl halides is 3. The second-order valence-electron chi connectivity index (χ2n) is 22.7. The maximum atomic E-state index is 13.2. The second-order valence-corrected chi connectivity index (χ2v) is 25.2. The number of hydrogen-bond acceptors (Lipinski definition) is 16. The molecule has 85 heavy (non-hydrogen) atoms. The van der Waals surface area contributed by atoms with Crippen LogP contribution < -0.4 is 21.5 Å². The molecular weight excluding hydrogens is 1160 g/mol. The highest BCUT2D eigenvalue weighted by atomic mass is 35.6. The van der Waals surface area contributed by atoms with Gasteiger partial charge in [0.15, 0.2) is 0 Å². The average Bonchev–Trinajstić information content (AvgIpc) is 3.60. The Labute approximate surface area is 512 Å². The van der Waals surface area contributed by atoms with Crippen molar-refractivity contribution in [3.63, 3.8) is 0 Å². The summed E-state index contributed by atoms with van der Waals surface area (Å²) >= 11 is 17.0. The van der Waals surface area contributed by atoms with E-state index in [2.05, 4.69) is 26.5 Å². The van der Waals surface area contributed by atoms with E-state index >= 15 is 0 Å². The molecule has 5 bridgehead atoms. The number of cyclic esters (lactones) is 1. The zero-order chi connectivity index (χ0) is 62.3. The van der Waals surface area contributed by atoms with Gasteiger partial charge in [0.1, 0.15) is 55.2 Å². The molecule has 0 saturated carbocycles. The number of pyridine rings is 2. The highest BCUT2D eigenvalue weighted by Gasteiger charge is 2.36. The maximum Gasteiger partial charge on any atom is 0.325 e. The van der Waals surface area contributed by atoms with Gasteiger partial charge in [-0.3, -0.25) is 43.6 Å². The van der Waals surface area contributed by atoms with E-state index in [1.54, 1.807) is 27.7 Å². The second kappa shape index (κ2) is 31.4. The first-order valence-electron chi connectivity index (χ1n) is 28.9. The summed E-state index contributed by atoms with van der Waals surface area (Å²) in [6.07, 6.45) is 7.67. The molecule has 4 N–H and O–H groups in total. The van der Waals surface area contributed by atoms with E-state index in [9.17, 15) is 33.6 Å². The van der Waals surface area contributed by atoms with Gasteiger partial charge in [-0.2, -0.15) is 0 Å². The number of carbonyl (C=O) groups is 7. The highest BCUT2D eigenvalue weighted by molar-refractivity contribution is 6.67. The first-order valence-corrected chi connectivity index (χ1v) is 30.1. The number of halogens is 3. The number of benzene rings is 2. The van der Waals surface area contributed by atoms with Gasteiger partial charge in [0.05, 0.1) is 35.6 Å². The van der Waals surface area contributed by atoms with Crippen LogP contribution in [-0.2, 0) is 57.2 Å². The molecule has 3 aliphatic rings. The van der Waals surface area contributed by atoms with Crippen LogP contribution in [-0.4, -0.2) is 135 Å². The molecule has 2 aromatic heterocycles. The van der Waals surface area contributed by atoms with E-state index < -0.39 is 82.7 Å². The number of nitrogens with zero attached hydrogens (tertiary/aromatic N) is 4. The third kappa shape index (κ3) is 20.4. The van der Waals surface area contributed by atoms with Gasteiger partial charge in [-0.25, -0.2) is 20.8 Å². The first-order chi connectivity index (χ1) is 40.2. The van der Waals surface area contributed by atoms with Gasteiger partial charge >= 0.3 is 17.9 Å². The average molecular weight is 1240 g/mol. The summed E-state index contributed by atoms with van der Waals surface area (Å²) in [6.45, 7) is 20.7. The molecule has 5 heterocycles. The number of hydrazine groups is 2. The fourth-order valence-electron chi connectivity index (χ4n) is 9.57. The summed E-state index contributed by atoms with van der Waals surface area (Å²) in [5.41, 5.74) is 10.7. The minimum Gasteiger partial charge on any atom is -0.460 e. The maximum absolute atomic E-state index is 13.2. The fraction of sp³-hybridized carbons (Fsp3) is 0.532. The minimum absolute atomic E-state index is 0.0297. The molecule has 3 aliphatic heterocycles. The summed E-state index contributed by atoms with van der Waals surface area (Å²) in [4.78, 5) is 98.6. The summed E-state index contributed by atoms with van der Waals surface area (Å²) < 4.78 is 26.4. The van der Waals surface area contributed by atoms with Crippen LogP contribution in [0.2, 0.25) is 0 Å². The van der Waals surface area contributed by atoms with Gasteiger partial charge in [-0.15, -0.1) is 0 Å². The zero-order valence-corrected chi connectivity index (χ0v) is 52.5. The number of ether oxygens (including phenoxy) is 5. The SMILES string of the molecule is CC(=O)O[C@H](C)c1ccc2ccc(/C=C/C(C)CO[C@H](C(=O)N[C@@H](C)C(=O)N3CCC[C@@H](C(=O)OCC(Cl)(Cl)Cl)N3)C(C)C)cc2n1.CC1/C=C/c2ccc3ccc(nc3c2)[C@@H](C)OC(=O)[C@@H]2CCCN(N2)C(=O)[C@H](C)NC(=O)[C@H](C(C)C)OC1. The molecule has 23 heteroatoms. The van der Waals surface area contributed by atoms with Crippen molar-refractivity contribution >= 4 is 110 Å². The van der Waals surface area contributed by atoms with Crippen molar-refractivity contribution in [3.05, 3.63) is 95.3 Å². The Morgan fingerprint density at radius 3 is 2.24 bits per heavy atom. The van der Waals surface area contributed by atoms with Crippen LogP contribution in [0.25, 0.3) is 34.0 Å². The Balaban J connectivity index is 0.000000278. The van der Waals surface area contributed by atoms with E-state index in [0.717, 1.165) is 32.9 Å². The Hall–Kier alpha value is -6.26. The summed E-state index contributed by atoms with van der Waals surface area (Å²) in [7, 11) is 0. The number of esters is 3. The predicted octanol–water partition coefficient (Wildman–Crippen LogP) is 9.01. The van der Waals surface area contributed by atoms with Crippen molar-refractivity contribution < 1.29 is 57.2 Å². The van der Waals surface area contributed by atoms with E-state index in [0.29, 0.717) is 56.8 Å². The Morgan fingerprint density at radius 1 is 0.859 bits per heavy atom. The molecule has 2 fully saturated rings. The highest BCUT2D eigenvalue weighted by Crippen LogP contribution is 2.28. The molecule has 0 radical (unpaired) electrons. The summed E-state index contributed by atoms with van der Waals surface area (Å²) in [5.74, 6) is -3.13. The van der Waals surface area contributed by atoms with E-state index in [-0.39, 0.29) is 48.1 Å². The zero-order valence-electron chi connectivity index (χ0n) is 50.2. The van der Waals surface area contributed by atoms with Crippen molar-refractivity contribution in [1.82, 2.24) is 41.5 Å². The van der Waals surface area contributed by atoms with Gasteiger partial charge in [-0.1, -0.05) is 137 Å². The number of carbonyl (C=O) groups excluding carboxylic acids is 7. The van der Waals surface area contributed by atoms with Crippen LogP contribution >= 0.6 is 34.8 Å². The van der Waals surface area contributed by atoms with Crippen molar-refractivity contribution in [2.75, 3.05) is 32.9 Å². The van der Waals surface area contributed by atoms with Gasteiger partial charge in [-0.05, 0) is 112 Å². The quantitative estimate of drug-likeness (QED) is 0.0522. The van der Waals surface area contributed by atoms with Gasteiger partial charge < -0.3 is 34.3 Å². The molecule has 20 nitrogen and oxygen atoms in total. The number of nitrogens with one attached hydrogen (secondary N) is 4. The molecule has 2 saturated heterocycles. The fourth-order valence-corrected chi connectivity index (χ4v) is 9.73. The molecule has 10 atom stereocenters. The number of amides is 4. The molecule has 7 rings (SSSR count). The molecule has 2 unspecified atom stereocenters. The van der Waals surface area contributed by atoms with Crippen molar-refractivity contribution in [2.45, 2.75) is 154 Å². The van der Waals surface area contributed by atoms with Crippen molar-refractivity contribution in [1.29, 1.82) is 0 Å². The van der Waals surface area contributed by atoms with Crippen LogP contribution in [0, 0.1) is 23.7 Å². The van der Waals surface area contributed by atoms with E-state index in [1.807, 2.05) is 127 Å². The van der Waals surface area contributed by atoms with E-state index in [4.69, 9.17) is 63.5 Å². The van der Waals surface area contributed by atoms with Crippen molar-refractivity contribution in [3.8, 4) is 0 Å². The number of hydrogen-bond donors (Lipinski definition) is 4. The Kier molecular flexibility index (Phi) is 25.1. The molecule has 4 amide bonds. The lowest BCUT2D eigenvalue weighted by molar-refractivity contribution is -0.157. The normalized spacial score (nSPS) is 22.8. The lowest BCUT2D eigenvalue weighted by Crippen LogP contribution is -2.60. The predicted molar refractivity (Wildman–Crippen MR) is 326 cm³/mol. The number of rotatable bonds is 14. The Bertz CT molecular complexity index is 3070. The topological polar surface area (TPSA) is 246 Å². The standard InChI is InChI=1S/C33H43Cl3N4O7.C29H38N4O5/c1-19(2)29(30(42)37-21(4)31(43)40-15-7-8-27(39-40)32(44)46-18-33(34,35)36)45-17-20(3)9-10-24-11-12-25-13-14-26(38-28(25)16-24)22(5)47-23(6)41;1-17(2)26-27(34)30-19(4)28(35)33-14-6-7-24(32-33)29(36)38-20(5)23-13-12-22-11-10-21(15-25(22)31-23)9-8-18(3)16-37-26/h9-14,16,19-22,27,29,39H,7-8,15,17-18H2,1-6H3,(H,37,42);8-13,15,17-20,24,26,32H,6-7,14,16H2,1-5H3,(H,30,34)/b10-9+;9-8+/t20?,21-,22+,27-,29-;18?,19-,20+,24-,26-/m00/s1. The molecule has 0 aliphatic carbocycles. The van der Waals surface area contributed by atoms with Gasteiger partial charge in [0.25, 0.3) is 11.8 Å². The third-order valence-corrected chi connectivity index (χ3v) is 14.6. The van der Waals surface area contributed by atoms with Crippen LogP contribution in [0.1, 0.15) is 137 Å². The monoisotopic (exact) mass is 1230 g/mol. The lowest BCUT2D eigenvalue weighted by Gasteiger charge is -2.35. The van der Waals surface area contributed by atoms with Crippen LogP contribution in [0.15, 0.2) is 72.8 Å². The summed E-state index contributed by atoms with van der Waals surface area (Å²) in [6, 6.07) is 16.4. The van der Waals surface area contributed by atoms with Gasteiger partial charge in [0.2, 0.25) is 15.6 Å². The first kappa shape index (κ1) is 67.9. The van der Waals surface area contributed by atoms with E-state index in [1.165, 1.54) is 16.9 Å². The molecule has 2 aromatic carbocycles. The molecule has 0 spiro atoms. The number of fused-ring (bicyclic) bond motifs is 5. The molecule has 4 aromatic rings. The molecule has 462 valence electrons.